The molecule has 1 aliphatic carbocycles. The van der Waals surface area contributed by atoms with E-state index in [2.05, 4.69) is 35.5 Å². The number of anilines is 2. The highest BCUT2D eigenvalue weighted by molar-refractivity contribution is 5.66. The number of rotatable bonds is 4. The molecular weight excluding hydrogens is 304 g/mol. The van der Waals surface area contributed by atoms with Crippen LogP contribution >= 0.6 is 0 Å². The zero-order valence-corrected chi connectivity index (χ0v) is 12.7. The summed E-state index contributed by atoms with van der Waals surface area (Å²) < 4.78 is 1.89. The van der Waals surface area contributed by atoms with E-state index >= 15 is 0 Å². The molecule has 8 nitrogen and oxygen atoms in total. The highest BCUT2D eigenvalue weighted by Gasteiger charge is 2.25. The minimum Gasteiger partial charge on any atom is -0.308 e. The molecule has 0 spiro atoms. The maximum atomic E-state index is 4.69. The third-order valence-electron chi connectivity index (χ3n) is 4.10. The van der Waals surface area contributed by atoms with E-state index in [1.54, 1.807) is 18.6 Å². The molecule has 1 aliphatic rings. The maximum Gasteiger partial charge on any atom is 0.214 e. The van der Waals surface area contributed by atoms with Gasteiger partial charge in [-0.05, 0) is 12.8 Å². The molecule has 1 saturated carbocycles. The normalized spacial score (nSPS) is 14.2. The lowest BCUT2D eigenvalue weighted by Crippen LogP contribution is -2.03. The molecule has 1 fully saturated rings. The summed E-state index contributed by atoms with van der Waals surface area (Å²) in [5.74, 6) is 2.03. The molecule has 0 saturated heterocycles. The smallest absolute Gasteiger partial charge is 0.214 e. The van der Waals surface area contributed by atoms with Crippen LogP contribution in [0, 0.1) is 0 Å². The maximum absolute atomic E-state index is 4.69. The van der Waals surface area contributed by atoms with Gasteiger partial charge >= 0.3 is 0 Å². The molecule has 24 heavy (non-hydrogen) atoms. The molecule has 0 atom stereocenters. The van der Waals surface area contributed by atoms with E-state index in [-0.39, 0.29) is 0 Å². The van der Waals surface area contributed by atoms with Crippen LogP contribution in [0.4, 0.5) is 11.8 Å². The van der Waals surface area contributed by atoms with E-state index in [9.17, 15) is 0 Å². The molecule has 4 heterocycles. The van der Waals surface area contributed by atoms with Gasteiger partial charge in [0.2, 0.25) is 5.95 Å². The number of nitrogens with zero attached hydrogens (tertiary/aromatic N) is 6. The zero-order chi connectivity index (χ0) is 15.9. The Morgan fingerprint density at radius 1 is 1.17 bits per heavy atom. The van der Waals surface area contributed by atoms with Crippen molar-refractivity contribution < 1.29 is 0 Å². The predicted octanol–water partition coefficient (Wildman–Crippen LogP) is 2.53. The van der Waals surface area contributed by atoms with Gasteiger partial charge in [0.15, 0.2) is 5.82 Å². The van der Waals surface area contributed by atoms with E-state index in [0.717, 1.165) is 22.7 Å². The molecule has 4 aromatic heterocycles. The molecule has 0 amide bonds. The van der Waals surface area contributed by atoms with Crippen molar-refractivity contribution in [1.29, 1.82) is 0 Å². The quantitative estimate of drug-likeness (QED) is 0.600. The van der Waals surface area contributed by atoms with E-state index in [1.807, 2.05) is 22.7 Å². The number of hydrogen-bond acceptors (Lipinski definition) is 6. The average molecular weight is 318 g/mol. The number of aromatic amines is 1. The zero-order valence-electron chi connectivity index (χ0n) is 12.7. The summed E-state index contributed by atoms with van der Waals surface area (Å²) in [7, 11) is 0. The Morgan fingerprint density at radius 3 is 2.88 bits per heavy atom. The van der Waals surface area contributed by atoms with Gasteiger partial charge in [0.25, 0.3) is 0 Å². The fourth-order valence-corrected chi connectivity index (χ4v) is 2.71. The summed E-state index contributed by atoms with van der Waals surface area (Å²) in [4.78, 5) is 17.2. The summed E-state index contributed by atoms with van der Waals surface area (Å²) in [6, 6.07) is 3.95. The molecule has 0 unspecified atom stereocenters. The molecule has 118 valence electrons. The van der Waals surface area contributed by atoms with Crippen LogP contribution in [-0.4, -0.2) is 34.5 Å². The Kier molecular flexibility index (Phi) is 2.81. The van der Waals surface area contributed by atoms with Crippen LogP contribution in [0.2, 0.25) is 0 Å². The number of nitrogens with one attached hydrogen (secondary N) is 2. The van der Waals surface area contributed by atoms with Crippen molar-refractivity contribution >= 4 is 17.4 Å². The van der Waals surface area contributed by atoms with Crippen LogP contribution in [0.3, 0.4) is 0 Å². The van der Waals surface area contributed by atoms with Crippen molar-refractivity contribution in [2.45, 2.75) is 18.8 Å². The molecule has 0 aliphatic heterocycles. The number of hydrogen-bond donors (Lipinski definition) is 2. The monoisotopic (exact) mass is 318 g/mol. The minimum atomic E-state index is 0.627. The van der Waals surface area contributed by atoms with Gasteiger partial charge in [-0.2, -0.15) is 5.10 Å². The molecule has 0 aromatic carbocycles. The van der Waals surface area contributed by atoms with Crippen LogP contribution in [0.15, 0.2) is 43.2 Å². The third-order valence-corrected chi connectivity index (χ3v) is 4.10. The highest BCUT2D eigenvalue weighted by Crippen LogP contribution is 2.39. The molecular formula is C16H14N8. The Labute approximate surface area is 137 Å². The Hall–Kier alpha value is -3.29. The second-order valence-electron chi connectivity index (χ2n) is 5.86. The highest BCUT2D eigenvalue weighted by atomic mass is 15.3. The van der Waals surface area contributed by atoms with Gasteiger partial charge in [0, 0.05) is 54.1 Å². The fourth-order valence-electron chi connectivity index (χ4n) is 2.71. The van der Waals surface area contributed by atoms with Crippen LogP contribution in [-0.2, 0) is 0 Å². The number of fused-ring (bicyclic) bond motifs is 1. The lowest BCUT2D eigenvalue weighted by molar-refractivity contribution is 0.964. The lowest BCUT2D eigenvalue weighted by Gasteiger charge is -2.08. The first-order chi connectivity index (χ1) is 11.9. The first-order valence-electron chi connectivity index (χ1n) is 7.78. The molecule has 0 radical (unpaired) electrons. The minimum absolute atomic E-state index is 0.627. The largest absolute Gasteiger partial charge is 0.308 e. The second kappa shape index (κ2) is 5.12. The summed E-state index contributed by atoms with van der Waals surface area (Å²) in [6.45, 7) is 0. The molecule has 8 heteroatoms. The Balaban J connectivity index is 1.56. The topological polar surface area (TPSA) is 96.7 Å². The molecule has 4 aromatic rings. The number of H-pyrrole nitrogens is 1. The van der Waals surface area contributed by atoms with E-state index in [4.69, 9.17) is 0 Å². The van der Waals surface area contributed by atoms with Gasteiger partial charge in [-0.3, -0.25) is 9.50 Å². The standard InChI is InChI=1S/C16H14N8/c1-2-10(1)13-5-14(23-22-13)21-16-20-12(11-7-17-9-18-8-11)6-15-19-3-4-24(15)16/h3-10H,1-2H2,(H2,20,21,22,23). The number of aromatic nitrogens is 7. The van der Waals surface area contributed by atoms with Gasteiger partial charge in [-0.15, -0.1) is 0 Å². The summed E-state index contributed by atoms with van der Waals surface area (Å²) in [5.41, 5.74) is 3.57. The summed E-state index contributed by atoms with van der Waals surface area (Å²) >= 11 is 0. The first kappa shape index (κ1) is 13.2. The van der Waals surface area contributed by atoms with Crippen molar-refractivity contribution in [3.63, 3.8) is 0 Å². The Morgan fingerprint density at radius 2 is 2.04 bits per heavy atom. The van der Waals surface area contributed by atoms with Gasteiger partial charge in [0.05, 0.1) is 5.69 Å². The van der Waals surface area contributed by atoms with Crippen LogP contribution in [0.25, 0.3) is 16.9 Å². The summed E-state index contributed by atoms with van der Waals surface area (Å²) in [5, 5.41) is 10.7. The van der Waals surface area contributed by atoms with Crippen molar-refractivity contribution in [2.75, 3.05) is 5.32 Å². The van der Waals surface area contributed by atoms with Gasteiger partial charge < -0.3 is 5.32 Å². The molecule has 5 rings (SSSR count). The van der Waals surface area contributed by atoms with E-state index in [1.165, 1.54) is 24.9 Å². The summed E-state index contributed by atoms with van der Waals surface area (Å²) in [6.07, 6.45) is 11.0. The lowest BCUT2D eigenvalue weighted by atomic mass is 10.2. The first-order valence-corrected chi connectivity index (χ1v) is 7.78. The fraction of sp³-hybridized carbons (Fsp3) is 0.188. The van der Waals surface area contributed by atoms with Crippen LogP contribution in [0.1, 0.15) is 24.5 Å². The number of imidazole rings is 1. The Bertz CT molecular complexity index is 999. The van der Waals surface area contributed by atoms with Crippen molar-refractivity contribution in [1.82, 2.24) is 34.5 Å². The molecule has 2 N–H and O–H groups in total. The van der Waals surface area contributed by atoms with Gasteiger partial charge in [-0.25, -0.2) is 19.9 Å². The average Bonchev–Trinajstić information content (AvgIpc) is 3.17. The van der Waals surface area contributed by atoms with Gasteiger partial charge in [0.1, 0.15) is 12.0 Å². The second-order valence-corrected chi connectivity index (χ2v) is 5.86. The van der Waals surface area contributed by atoms with E-state index < -0.39 is 0 Å². The van der Waals surface area contributed by atoms with Crippen molar-refractivity contribution in [3.05, 3.63) is 48.9 Å². The van der Waals surface area contributed by atoms with Crippen molar-refractivity contribution in [3.8, 4) is 11.3 Å². The van der Waals surface area contributed by atoms with Gasteiger partial charge in [-0.1, -0.05) is 0 Å². The predicted molar refractivity (Wildman–Crippen MR) is 87.9 cm³/mol. The van der Waals surface area contributed by atoms with E-state index in [0.29, 0.717) is 11.9 Å². The third kappa shape index (κ3) is 2.28. The SMILES string of the molecule is c1ncc(-c2cc3nccn3c(Nc3cc(C4CC4)[nH]n3)n2)cn1. The molecule has 0 bridgehead atoms. The van der Waals surface area contributed by atoms with Crippen molar-refractivity contribution in [2.24, 2.45) is 0 Å². The van der Waals surface area contributed by atoms with Crippen LogP contribution in [0.5, 0.6) is 0 Å². The van der Waals surface area contributed by atoms with Crippen LogP contribution < -0.4 is 5.32 Å².